The van der Waals surface area contributed by atoms with E-state index in [1.54, 1.807) is 0 Å². The van der Waals surface area contributed by atoms with Gasteiger partial charge >= 0.3 is 0 Å². The van der Waals surface area contributed by atoms with Crippen LogP contribution >= 0.6 is 0 Å². The van der Waals surface area contributed by atoms with Crippen LogP contribution in [0.3, 0.4) is 0 Å². The van der Waals surface area contributed by atoms with Crippen molar-refractivity contribution >= 4 is 43.6 Å². The highest BCUT2D eigenvalue weighted by Crippen LogP contribution is 2.35. The number of benzene rings is 7. The van der Waals surface area contributed by atoms with Gasteiger partial charge in [-0.1, -0.05) is 133 Å². The fourth-order valence-corrected chi connectivity index (χ4v) is 8.11. The van der Waals surface area contributed by atoms with Gasteiger partial charge < -0.3 is 0 Å². The molecule has 270 valence electrons. The van der Waals surface area contributed by atoms with Crippen LogP contribution in [0, 0.1) is 0 Å². The Bertz CT molecular complexity index is 3100. The number of pyridine rings is 4. The van der Waals surface area contributed by atoms with Gasteiger partial charge in [0.05, 0.1) is 22.1 Å². The predicted octanol–water partition coefficient (Wildman–Crippen LogP) is 13.9. The molecule has 0 radical (unpaired) electrons. The molecule has 11 aromatic rings. The third-order valence-corrected chi connectivity index (χ3v) is 11.2. The molecule has 0 bridgehead atoms. The molecule has 0 aliphatic rings. The summed E-state index contributed by atoms with van der Waals surface area (Å²) in [4.78, 5) is 19.7. The first-order chi connectivity index (χ1) is 28.7. The molecule has 0 saturated carbocycles. The fraction of sp³-hybridized carbons (Fsp3) is 0. The Labute approximate surface area is 335 Å². The molecular formula is C54H34N4. The van der Waals surface area contributed by atoms with Crippen molar-refractivity contribution in [1.82, 2.24) is 19.9 Å². The maximum atomic E-state index is 5.01. The van der Waals surface area contributed by atoms with Crippen molar-refractivity contribution in [3.05, 3.63) is 207 Å². The summed E-state index contributed by atoms with van der Waals surface area (Å²) in [5.41, 5.74) is 17.3. The molecule has 58 heavy (non-hydrogen) atoms. The second kappa shape index (κ2) is 14.0. The summed E-state index contributed by atoms with van der Waals surface area (Å²) in [5, 5.41) is 4.25. The Morgan fingerprint density at radius 2 is 0.569 bits per heavy atom. The molecule has 0 amide bonds. The molecule has 0 atom stereocenters. The highest BCUT2D eigenvalue weighted by molar-refractivity contribution is 6.07. The lowest BCUT2D eigenvalue weighted by molar-refractivity contribution is 1.38. The van der Waals surface area contributed by atoms with Crippen LogP contribution in [-0.2, 0) is 0 Å². The molecule has 0 saturated heterocycles. The topological polar surface area (TPSA) is 51.6 Å². The number of rotatable bonds is 6. The van der Waals surface area contributed by atoms with E-state index in [2.05, 4.69) is 170 Å². The van der Waals surface area contributed by atoms with Crippen molar-refractivity contribution in [1.29, 1.82) is 0 Å². The van der Waals surface area contributed by atoms with E-state index in [0.717, 1.165) is 88.1 Å². The summed E-state index contributed by atoms with van der Waals surface area (Å²) in [6.45, 7) is 0. The first-order valence-electron chi connectivity index (χ1n) is 19.5. The van der Waals surface area contributed by atoms with E-state index in [1.807, 2.05) is 36.9 Å². The van der Waals surface area contributed by atoms with Crippen LogP contribution in [0.1, 0.15) is 0 Å². The van der Waals surface area contributed by atoms with E-state index in [1.165, 1.54) is 22.3 Å². The number of fused-ring (bicyclic) bond motifs is 6. The van der Waals surface area contributed by atoms with Gasteiger partial charge in [0, 0.05) is 68.6 Å². The van der Waals surface area contributed by atoms with Gasteiger partial charge in [0.25, 0.3) is 0 Å². The van der Waals surface area contributed by atoms with Gasteiger partial charge in [-0.3, -0.25) is 19.9 Å². The van der Waals surface area contributed by atoms with E-state index in [0.29, 0.717) is 0 Å². The molecule has 4 heteroatoms. The monoisotopic (exact) mass is 738 g/mol. The van der Waals surface area contributed by atoms with Crippen LogP contribution in [0.5, 0.6) is 0 Å². The van der Waals surface area contributed by atoms with Crippen LogP contribution in [0.2, 0.25) is 0 Å². The lowest BCUT2D eigenvalue weighted by atomic mass is 9.97. The summed E-state index contributed by atoms with van der Waals surface area (Å²) in [5.74, 6) is 0. The Kier molecular flexibility index (Phi) is 8.11. The second-order valence-corrected chi connectivity index (χ2v) is 14.8. The molecule has 11 rings (SSSR count). The largest absolute Gasteiger partial charge is 0.256 e. The first kappa shape index (κ1) is 33.5. The average molecular weight is 739 g/mol. The predicted molar refractivity (Wildman–Crippen MR) is 240 cm³/mol. The molecule has 0 spiro atoms. The number of nitrogens with zero attached hydrogens (tertiary/aromatic N) is 4. The molecule has 0 N–H and O–H groups in total. The molecule has 4 heterocycles. The molecule has 0 fully saturated rings. The maximum absolute atomic E-state index is 5.01. The van der Waals surface area contributed by atoms with Gasteiger partial charge in [-0.2, -0.15) is 0 Å². The van der Waals surface area contributed by atoms with Crippen molar-refractivity contribution in [2.75, 3.05) is 0 Å². The maximum Gasteiger partial charge on any atom is 0.0796 e. The summed E-state index contributed by atoms with van der Waals surface area (Å²) in [6.07, 6.45) is 7.86. The summed E-state index contributed by atoms with van der Waals surface area (Å²) in [6, 6.07) is 64.2. The molecule has 4 aromatic heterocycles. The van der Waals surface area contributed by atoms with Gasteiger partial charge in [0.2, 0.25) is 0 Å². The zero-order valence-electron chi connectivity index (χ0n) is 31.4. The quantitative estimate of drug-likeness (QED) is 0.159. The molecule has 0 aliphatic heterocycles. The molecule has 7 aromatic carbocycles. The van der Waals surface area contributed by atoms with E-state index in [-0.39, 0.29) is 0 Å². The average Bonchev–Trinajstić information content (AvgIpc) is 3.31. The summed E-state index contributed by atoms with van der Waals surface area (Å²) in [7, 11) is 0. The Morgan fingerprint density at radius 1 is 0.224 bits per heavy atom. The lowest BCUT2D eigenvalue weighted by Gasteiger charge is -2.10. The van der Waals surface area contributed by atoms with Gasteiger partial charge in [-0.25, -0.2) is 0 Å². The minimum Gasteiger partial charge on any atom is -0.256 e. The van der Waals surface area contributed by atoms with Crippen LogP contribution in [0.25, 0.3) is 110 Å². The molecule has 0 unspecified atom stereocenters. The third-order valence-electron chi connectivity index (χ3n) is 11.2. The van der Waals surface area contributed by atoms with E-state index in [9.17, 15) is 0 Å². The van der Waals surface area contributed by atoms with E-state index >= 15 is 0 Å². The van der Waals surface area contributed by atoms with Crippen LogP contribution in [-0.4, -0.2) is 19.9 Å². The number of aromatic nitrogens is 4. The zero-order valence-corrected chi connectivity index (χ0v) is 31.4. The van der Waals surface area contributed by atoms with Crippen LogP contribution in [0.4, 0.5) is 0 Å². The van der Waals surface area contributed by atoms with Crippen molar-refractivity contribution < 1.29 is 0 Å². The molecule has 4 nitrogen and oxygen atoms in total. The van der Waals surface area contributed by atoms with Gasteiger partial charge in [-0.05, 0) is 93.0 Å². The fourth-order valence-electron chi connectivity index (χ4n) is 8.11. The van der Waals surface area contributed by atoms with Crippen molar-refractivity contribution in [3.8, 4) is 66.8 Å². The summed E-state index contributed by atoms with van der Waals surface area (Å²) >= 11 is 0. The second-order valence-electron chi connectivity index (χ2n) is 14.8. The zero-order chi connectivity index (χ0) is 38.4. The minimum atomic E-state index is 0.926. The Morgan fingerprint density at radius 3 is 1.00 bits per heavy atom. The molecule has 0 aliphatic carbocycles. The standard InChI is InChI=1S/C54H34N4/c1-3-9-35(10-4-1)39-13-7-15-41(25-39)45-27-43-21-23-51-49(53(43)57-33-45)29-47(31-55-51)37-17-19-38(20-18-37)48-30-50-52(56-32-48)24-22-44-28-46(34-58-54(44)50)42-16-8-14-40(26-42)36-11-5-2-6-12-36/h1-34H. The lowest BCUT2D eigenvalue weighted by Crippen LogP contribution is -1.90. The smallest absolute Gasteiger partial charge is 0.0796 e. The van der Waals surface area contributed by atoms with Gasteiger partial charge in [0.1, 0.15) is 0 Å². The first-order valence-corrected chi connectivity index (χ1v) is 19.5. The highest BCUT2D eigenvalue weighted by atomic mass is 14.7. The highest BCUT2D eigenvalue weighted by Gasteiger charge is 2.12. The van der Waals surface area contributed by atoms with Crippen molar-refractivity contribution in [3.63, 3.8) is 0 Å². The van der Waals surface area contributed by atoms with Gasteiger partial charge in [0.15, 0.2) is 0 Å². The number of hydrogen-bond donors (Lipinski definition) is 0. The van der Waals surface area contributed by atoms with E-state index in [4.69, 9.17) is 19.9 Å². The number of hydrogen-bond acceptors (Lipinski definition) is 4. The van der Waals surface area contributed by atoms with Crippen molar-refractivity contribution in [2.45, 2.75) is 0 Å². The summed E-state index contributed by atoms with van der Waals surface area (Å²) < 4.78 is 0. The molecular weight excluding hydrogens is 705 g/mol. The Hall–Kier alpha value is -7.82. The normalized spacial score (nSPS) is 11.4. The Balaban J connectivity index is 0.888. The van der Waals surface area contributed by atoms with E-state index < -0.39 is 0 Å². The third kappa shape index (κ3) is 6.14. The van der Waals surface area contributed by atoms with Crippen LogP contribution < -0.4 is 0 Å². The van der Waals surface area contributed by atoms with Crippen molar-refractivity contribution in [2.24, 2.45) is 0 Å². The minimum absolute atomic E-state index is 0.926. The van der Waals surface area contributed by atoms with Gasteiger partial charge in [-0.15, -0.1) is 0 Å². The van der Waals surface area contributed by atoms with Crippen LogP contribution in [0.15, 0.2) is 207 Å². The SMILES string of the molecule is c1ccc(-c2cccc(-c3cnc4c(ccc5ncc(-c6ccc(-c7cnc8ccc9cc(-c%10cccc(-c%11ccccc%11)c%10)cnc9c8c7)cc6)cc54)c3)c2)cc1.